The van der Waals surface area contributed by atoms with Crippen molar-refractivity contribution in [3.63, 3.8) is 0 Å². The molecule has 4 aromatic rings. The molecule has 0 saturated carbocycles. The zero-order valence-electron chi connectivity index (χ0n) is 18.8. The van der Waals surface area contributed by atoms with Crippen molar-refractivity contribution < 1.29 is 27.4 Å². The van der Waals surface area contributed by atoms with Crippen LogP contribution in [0.2, 0.25) is 0 Å². The van der Waals surface area contributed by atoms with E-state index in [1.165, 1.54) is 26.4 Å². The monoisotopic (exact) mass is 485 g/mol. The lowest BCUT2D eigenvalue weighted by Crippen LogP contribution is -2.28. The quantitative estimate of drug-likeness (QED) is 0.336. The second-order valence-corrected chi connectivity index (χ2v) is 8.70. The lowest BCUT2D eigenvalue weighted by molar-refractivity contribution is 0.305. The first-order valence-corrected chi connectivity index (χ1v) is 11.6. The van der Waals surface area contributed by atoms with E-state index in [1.54, 1.807) is 29.8 Å². The molecule has 11 nitrogen and oxygen atoms in total. The van der Waals surface area contributed by atoms with Crippen LogP contribution in [0.3, 0.4) is 0 Å². The van der Waals surface area contributed by atoms with Crippen LogP contribution >= 0.6 is 0 Å². The largest absolute Gasteiger partial charge is 0.497 e. The van der Waals surface area contributed by atoms with Gasteiger partial charge in [-0.1, -0.05) is 12.1 Å². The number of nitrogens with one attached hydrogen (secondary N) is 1. The molecule has 1 N–H and O–H groups in total. The summed E-state index contributed by atoms with van der Waals surface area (Å²) in [5.41, 5.74) is 1.31. The number of nitrogens with zero attached hydrogens (tertiary/aromatic N) is 4. The van der Waals surface area contributed by atoms with Gasteiger partial charge in [-0.2, -0.15) is 4.52 Å². The second-order valence-electron chi connectivity index (χ2n) is 6.96. The smallest absolute Gasteiger partial charge is 0.244 e. The van der Waals surface area contributed by atoms with Gasteiger partial charge in [0.2, 0.25) is 15.9 Å². The Hall–Kier alpha value is -3.90. The summed E-state index contributed by atoms with van der Waals surface area (Å²) in [7, 11) is 0.644. The molecule has 0 spiro atoms. The SMILES string of the molecule is COc1cccc(-c2nnc3ccc(OCCNS(=O)(=O)c4ccc(OC)cc4OC)nn23)c1. The zero-order chi connectivity index (χ0) is 24.1. The normalized spacial score (nSPS) is 11.4. The first-order chi connectivity index (χ1) is 16.4. The van der Waals surface area contributed by atoms with Crippen molar-refractivity contribution in [3.05, 3.63) is 54.6 Å². The second kappa shape index (κ2) is 9.93. The molecule has 2 heterocycles. The van der Waals surface area contributed by atoms with E-state index in [4.69, 9.17) is 18.9 Å². The van der Waals surface area contributed by atoms with Gasteiger partial charge in [0.25, 0.3) is 0 Å². The number of ether oxygens (including phenoxy) is 4. The van der Waals surface area contributed by atoms with E-state index in [2.05, 4.69) is 20.0 Å². The molecule has 0 radical (unpaired) electrons. The lowest BCUT2D eigenvalue weighted by atomic mass is 10.2. The third-order valence-electron chi connectivity index (χ3n) is 4.87. The van der Waals surface area contributed by atoms with Crippen molar-refractivity contribution in [2.24, 2.45) is 0 Å². The van der Waals surface area contributed by atoms with Crippen molar-refractivity contribution in [1.82, 2.24) is 24.5 Å². The summed E-state index contributed by atoms with van der Waals surface area (Å²) in [5.74, 6) is 2.16. The van der Waals surface area contributed by atoms with E-state index < -0.39 is 10.0 Å². The van der Waals surface area contributed by atoms with Crippen LogP contribution < -0.4 is 23.7 Å². The van der Waals surface area contributed by atoms with E-state index in [-0.39, 0.29) is 29.7 Å². The summed E-state index contributed by atoms with van der Waals surface area (Å²) >= 11 is 0. The molecule has 34 heavy (non-hydrogen) atoms. The van der Waals surface area contributed by atoms with Gasteiger partial charge in [0.15, 0.2) is 11.5 Å². The molecule has 2 aromatic carbocycles. The Bertz CT molecular complexity index is 1410. The van der Waals surface area contributed by atoms with Crippen LogP contribution in [0.5, 0.6) is 23.1 Å². The summed E-state index contributed by atoms with van der Waals surface area (Å²) in [6.07, 6.45) is 0. The van der Waals surface area contributed by atoms with Gasteiger partial charge in [0.05, 0.1) is 21.3 Å². The summed E-state index contributed by atoms with van der Waals surface area (Å²) in [5, 5.41) is 12.7. The number of benzene rings is 2. The van der Waals surface area contributed by atoms with Gasteiger partial charge in [0, 0.05) is 24.2 Å². The maximum Gasteiger partial charge on any atom is 0.244 e. The molecule has 0 bridgehead atoms. The molecule has 4 rings (SSSR count). The van der Waals surface area contributed by atoms with Gasteiger partial charge >= 0.3 is 0 Å². The Morgan fingerprint density at radius 3 is 2.47 bits per heavy atom. The highest BCUT2D eigenvalue weighted by molar-refractivity contribution is 7.89. The number of sulfonamides is 1. The van der Waals surface area contributed by atoms with Crippen LogP contribution in [0.4, 0.5) is 0 Å². The molecule has 0 aliphatic rings. The van der Waals surface area contributed by atoms with Gasteiger partial charge in [0.1, 0.15) is 28.8 Å². The summed E-state index contributed by atoms with van der Waals surface area (Å²) in [4.78, 5) is 0.00256. The highest BCUT2D eigenvalue weighted by atomic mass is 32.2. The summed E-state index contributed by atoms with van der Waals surface area (Å²) in [6, 6.07) is 15.2. The maximum atomic E-state index is 12.7. The minimum absolute atomic E-state index is 0.00256. The number of methoxy groups -OCH3 is 3. The maximum absolute atomic E-state index is 12.7. The molecule has 0 unspecified atom stereocenters. The highest BCUT2D eigenvalue weighted by Gasteiger charge is 2.20. The average Bonchev–Trinajstić information content (AvgIpc) is 3.29. The van der Waals surface area contributed by atoms with Crippen molar-refractivity contribution in [2.75, 3.05) is 34.5 Å². The lowest BCUT2D eigenvalue weighted by Gasteiger charge is -2.12. The van der Waals surface area contributed by atoms with E-state index >= 15 is 0 Å². The molecule has 0 amide bonds. The number of aromatic nitrogens is 4. The first-order valence-electron chi connectivity index (χ1n) is 10.2. The molecule has 178 valence electrons. The Morgan fingerprint density at radius 1 is 0.912 bits per heavy atom. The molecule has 0 aliphatic heterocycles. The number of fused-ring (bicyclic) bond motifs is 1. The third-order valence-corrected chi connectivity index (χ3v) is 6.37. The van der Waals surface area contributed by atoms with Crippen molar-refractivity contribution in [3.8, 4) is 34.5 Å². The number of hydrogen-bond acceptors (Lipinski definition) is 9. The molecule has 0 aliphatic carbocycles. The predicted molar refractivity (Wildman–Crippen MR) is 123 cm³/mol. The highest BCUT2D eigenvalue weighted by Crippen LogP contribution is 2.28. The van der Waals surface area contributed by atoms with Crippen molar-refractivity contribution in [1.29, 1.82) is 0 Å². The average molecular weight is 486 g/mol. The molecular formula is C22H23N5O6S. The van der Waals surface area contributed by atoms with Gasteiger partial charge in [-0.3, -0.25) is 0 Å². The number of hydrogen-bond donors (Lipinski definition) is 1. The van der Waals surface area contributed by atoms with Crippen LogP contribution in [-0.2, 0) is 10.0 Å². The van der Waals surface area contributed by atoms with Crippen LogP contribution in [-0.4, -0.2) is 62.7 Å². The Balaban J connectivity index is 1.44. The fraction of sp³-hybridized carbons (Fsp3) is 0.227. The fourth-order valence-electron chi connectivity index (χ4n) is 3.20. The molecule has 0 saturated heterocycles. The van der Waals surface area contributed by atoms with Gasteiger partial charge in [-0.25, -0.2) is 13.1 Å². The summed E-state index contributed by atoms with van der Waals surface area (Å²) < 4.78 is 50.6. The molecule has 12 heteroatoms. The van der Waals surface area contributed by atoms with Crippen LogP contribution in [0.15, 0.2) is 59.5 Å². The zero-order valence-corrected chi connectivity index (χ0v) is 19.6. The Kier molecular flexibility index (Phi) is 6.80. The van der Waals surface area contributed by atoms with Crippen LogP contribution in [0, 0.1) is 0 Å². The standard InChI is InChI=1S/C22H23N5O6S/c1-30-16-6-4-5-15(13-16)22-25-24-20-9-10-21(26-27(20)22)33-12-11-23-34(28,29)19-8-7-17(31-2)14-18(19)32-3/h4-10,13-14,23H,11-12H2,1-3H3. The Labute approximate surface area is 196 Å². The Morgan fingerprint density at radius 2 is 1.71 bits per heavy atom. The van der Waals surface area contributed by atoms with Gasteiger partial charge < -0.3 is 18.9 Å². The molecule has 0 fully saturated rings. The van der Waals surface area contributed by atoms with Crippen molar-refractivity contribution in [2.45, 2.75) is 4.90 Å². The van der Waals surface area contributed by atoms with E-state index in [9.17, 15) is 8.42 Å². The first kappa shape index (κ1) is 23.3. The molecule has 2 aromatic heterocycles. The van der Waals surface area contributed by atoms with E-state index in [0.717, 1.165) is 5.56 Å². The van der Waals surface area contributed by atoms with Crippen LogP contribution in [0.25, 0.3) is 17.0 Å². The van der Waals surface area contributed by atoms with E-state index in [1.807, 2.05) is 24.3 Å². The van der Waals surface area contributed by atoms with Gasteiger partial charge in [-0.15, -0.1) is 15.3 Å². The number of rotatable bonds is 10. The predicted octanol–water partition coefficient (Wildman–Crippen LogP) is 2.17. The minimum atomic E-state index is -3.83. The summed E-state index contributed by atoms with van der Waals surface area (Å²) in [6.45, 7) is 0.0645. The van der Waals surface area contributed by atoms with E-state index in [0.29, 0.717) is 23.0 Å². The minimum Gasteiger partial charge on any atom is -0.497 e. The topological polar surface area (TPSA) is 126 Å². The van der Waals surface area contributed by atoms with Gasteiger partial charge in [-0.05, 0) is 30.3 Å². The fourth-order valence-corrected chi connectivity index (χ4v) is 4.36. The third kappa shape index (κ3) is 4.87. The van der Waals surface area contributed by atoms with Crippen molar-refractivity contribution >= 4 is 15.7 Å². The van der Waals surface area contributed by atoms with Crippen LogP contribution in [0.1, 0.15) is 0 Å². The molecular weight excluding hydrogens is 462 g/mol. The molecule has 0 atom stereocenters.